The Bertz CT molecular complexity index is 612. The van der Waals surface area contributed by atoms with Crippen LogP contribution < -0.4 is 0 Å². The Balaban J connectivity index is 1.79. The van der Waals surface area contributed by atoms with Gasteiger partial charge >= 0.3 is 0 Å². The van der Waals surface area contributed by atoms with Gasteiger partial charge in [-0.15, -0.1) is 0 Å². The molecule has 0 bridgehead atoms. The molecular formula is C16H15NO3. The van der Waals surface area contributed by atoms with Gasteiger partial charge in [0.1, 0.15) is 6.61 Å². The lowest BCUT2D eigenvalue weighted by Crippen LogP contribution is -2.29. The minimum Gasteiger partial charge on any atom is -0.355 e. The lowest BCUT2D eigenvalue weighted by molar-refractivity contribution is -0.215. The highest BCUT2D eigenvalue weighted by Gasteiger charge is 2.37. The first-order chi connectivity index (χ1) is 9.81. The fourth-order valence-corrected chi connectivity index (χ4v) is 2.33. The molecule has 20 heavy (non-hydrogen) atoms. The molecule has 0 aromatic heterocycles. The molecule has 1 atom stereocenters. The van der Waals surface area contributed by atoms with Crippen LogP contribution in [0.3, 0.4) is 0 Å². The van der Waals surface area contributed by atoms with Crippen molar-refractivity contribution in [2.45, 2.75) is 12.8 Å². The monoisotopic (exact) mass is 269 g/mol. The molecule has 2 aromatic carbocycles. The molecule has 0 spiro atoms. The molecule has 4 nitrogen and oxygen atoms in total. The predicted octanol–water partition coefficient (Wildman–Crippen LogP) is 2.92. The Morgan fingerprint density at radius 3 is 2.50 bits per heavy atom. The Kier molecular flexibility index (Phi) is 3.50. The fraction of sp³-hybridized carbons (Fsp3) is 0.188. The number of amides is 1. The zero-order chi connectivity index (χ0) is 13.9. The number of hydroxylamine groups is 2. The third-order valence-corrected chi connectivity index (χ3v) is 3.31. The average molecular weight is 269 g/mol. The van der Waals surface area contributed by atoms with Crippen molar-refractivity contribution >= 4 is 5.91 Å². The van der Waals surface area contributed by atoms with E-state index in [1.807, 2.05) is 48.5 Å². The summed E-state index contributed by atoms with van der Waals surface area (Å²) in [7, 11) is 1.57. The van der Waals surface area contributed by atoms with Crippen LogP contribution in [0.5, 0.6) is 0 Å². The van der Waals surface area contributed by atoms with E-state index in [9.17, 15) is 4.79 Å². The SMILES string of the molecule is COC1c2ccccc2C(=O)N1OCc1ccccc1. The van der Waals surface area contributed by atoms with Gasteiger partial charge in [-0.05, 0) is 11.6 Å². The highest BCUT2D eigenvalue weighted by atomic mass is 16.7. The molecule has 1 aliphatic rings. The van der Waals surface area contributed by atoms with Crippen molar-refractivity contribution in [1.29, 1.82) is 0 Å². The maximum absolute atomic E-state index is 12.3. The van der Waals surface area contributed by atoms with E-state index in [2.05, 4.69) is 0 Å². The second-order valence-corrected chi connectivity index (χ2v) is 4.57. The van der Waals surface area contributed by atoms with E-state index in [4.69, 9.17) is 9.57 Å². The van der Waals surface area contributed by atoms with Crippen LogP contribution in [0.2, 0.25) is 0 Å². The highest BCUT2D eigenvalue weighted by molar-refractivity contribution is 5.98. The van der Waals surface area contributed by atoms with Crippen molar-refractivity contribution in [2.75, 3.05) is 7.11 Å². The summed E-state index contributed by atoms with van der Waals surface area (Å²) in [5.41, 5.74) is 2.48. The predicted molar refractivity (Wildman–Crippen MR) is 73.6 cm³/mol. The number of rotatable bonds is 4. The molecule has 1 heterocycles. The number of methoxy groups -OCH3 is 1. The molecule has 1 amide bonds. The number of benzene rings is 2. The molecule has 102 valence electrons. The standard InChI is InChI=1S/C16H15NO3/c1-19-16-14-10-6-5-9-13(14)15(18)17(16)20-11-12-7-3-2-4-8-12/h2-10,16H,11H2,1H3. The number of hydrogen-bond donors (Lipinski definition) is 0. The second kappa shape index (κ2) is 5.45. The first-order valence-electron chi connectivity index (χ1n) is 6.43. The van der Waals surface area contributed by atoms with E-state index in [0.29, 0.717) is 12.2 Å². The number of nitrogens with zero attached hydrogens (tertiary/aromatic N) is 1. The van der Waals surface area contributed by atoms with Crippen molar-refractivity contribution in [3.8, 4) is 0 Å². The number of carbonyl (C=O) groups excluding carboxylic acids is 1. The topological polar surface area (TPSA) is 38.8 Å². The van der Waals surface area contributed by atoms with Crippen LogP contribution in [0.15, 0.2) is 54.6 Å². The summed E-state index contributed by atoms with van der Waals surface area (Å²) in [5, 5.41) is 1.30. The molecule has 0 fully saturated rings. The van der Waals surface area contributed by atoms with Crippen molar-refractivity contribution in [3.05, 3.63) is 71.3 Å². The minimum atomic E-state index is -0.484. The van der Waals surface area contributed by atoms with Crippen molar-refractivity contribution in [1.82, 2.24) is 5.06 Å². The van der Waals surface area contributed by atoms with Gasteiger partial charge in [-0.2, -0.15) is 5.06 Å². The summed E-state index contributed by atoms with van der Waals surface area (Å²) in [4.78, 5) is 18.0. The molecule has 3 rings (SSSR count). The van der Waals surface area contributed by atoms with Crippen molar-refractivity contribution in [2.24, 2.45) is 0 Å². The molecule has 1 aliphatic heterocycles. The molecule has 0 N–H and O–H groups in total. The van der Waals surface area contributed by atoms with Crippen LogP contribution in [-0.4, -0.2) is 18.1 Å². The van der Waals surface area contributed by atoms with E-state index in [-0.39, 0.29) is 5.91 Å². The van der Waals surface area contributed by atoms with E-state index in [1.165, 1.54) is 5.06 Å². The van der Waals surface area contributed by atoms with Crippen LogP contribution in [-0.2, 0) is 16.2 Å². The number of hydrogen-bond acceptors (Lipinski definition) is 3. The Morgan fingerprint density at radius 1 is 1.05 bits per heavy atom. The number of carbonyl (C=O) groups is 1. The average Bonchev–Trinajstić information content (AvgIpc) is 2.78. The van der Waals surface area contributed by atoms with Crippen LogP contribution in [0, 0.1) is 0 Å². The third kappa shape index (κ3) is 2.19. The van der Waals surface area contributed by atoms with Crippen LogP contribution in [0.4, 0.5) is 0 Å². The van der Waals surface area contributed by atoms with Crippen LogP contribution in [0.25, 0.3) is 0 Å². The normalized spacial score (nSPS) is 17.4. The van der Waals surface area contributed by atoms with Crippen LogP contribution in [0.1, 0.15) is 27.7 Å². The molecule has 4 heteroatoms. The summed E-state index contributed by atoms with van der Waals surface area (Å²) in [6.45, 7) is 0.334. The maximum Gasteiger partial charge on any atom is 0.280 e. The number of ether oxygens (including phenoxy) is 1. The third-order valence-electron chi connectivity index (χ3n) is 3.31. The highest BCUT2D eigenvalue weighted by Crippen LogP contribution is 2.34. The molecule has 0 saturated heterocycles. The van der Waals surface area contributed by atoms with Gasteiger partial charge in [-0.25, -0.2) is 0 Å². The van der Waals surface area contributed by atoms with E-state index in [1.54, 1.807) is 13.2 Å². The van der Waals surface area contributed by atoms with Gasteiger partial charge in [0.25, 0.3) is 5.91 Å². The van der Waals surface area contributed by atoms with E-state index < -0.39 is 6.23 Å². The van der Waals surface area contributed by atoms with Gasteiger partial charge in [0, 0.05) is 18.2 Å². The van der Waals surface area contributed by atoms with Gasteiger partial charge in [0.2, 0.25) is 0 Å². The van der Waals surface area contributed by atoms with E-state index in [0.717, 1.165) is 11.1 Å². The zero-order valence-electron chi connectivity index (χ0n) is 11.2. The summed E-state index contributed by atoms with van der Waals surface area (Å²) in [6, 6.07) is 17.1. The molecule has 2 aromatic rings. The Labute approximate surface area is 117 Å². The molecular weight excluding hydrogens is 254 g/mol. The first kappa shape index (κ1) is 12.8. The summed E-state index contributed by atoms with van der Waals surface area (Å²) < 4.78 is 5.39. The van der Waals surface area contributed by atoms with Gasteiger partial charge < -0.3 is 4.74 Å². The van der Waals surface area contributed by atoms with Crippen molar-refractivity contribution < 1.29 is 14.4 Å². The molecule has 0 radical (unpaired) electrons. The Hall–Kier alpha value is -2.17. The van der Waals surface area contributed by atoms with E-state index >= 15 is 0 Å². The fourth-order valence-electron chi connectivity index (χ4n) is 2.33. The van der Waals surface area contributed by atoms with Gasteiger partial charge in [-0.3, -0.25) is 9.63 Å². The maximum atomic E-state index is 12.3. The van der Waals surface area contributed by atoms with Gasteiger partial charge in [0.05, 0.1) is 0 Å². The van der Waals surface area contributed by atoms with Crippen LogP contribution >= 0.6 is 0 Å². The lowest BCUT2D eigenvalue weighted by Gasteiger charge is -2.22. The molecule has 0 saturated carbocycles. The summed E-state index contributed by atoms with van der Waals surface area (Å²) >= 11 is 0. The smallest absolute Gasteiger partial charge is 0.280 e. The van der Waals surface area contributed by atoms with Gasteiger partial charge in [0.15, 0.2) is 6.23 Å². The lowest BCUT2D eigenvalue weighted by atomic mass is 10.1. The minimum absolute atomic E-state index is 0.164. The second-order valence-electron chi connectivity index (χ2n) is 4.57. The zero-order valence-corrected chi connectivity index (χ0v) is 11.2. The summed E-state index contributed by atoms with van der Waals surface area (Å²) in [6.07, 6.45) is -0.484. The first-order valence-corrected chi connectivity index (χ1v) is 6.43. The Morgan fingerprint density at radius 2 is 1.75 bits per heavy atom. The van der Waals surface area contributed by atoms with Gasteiger partial charge in [-0.1, -0.05) is 48.5 Å². The quantitative estimate of drug-likeness (QED) is 0.856. The summed E-state index contributed by atoms with van der Waals surface area (Å²) in [5.74, 6) is -0.164. The molecule has 0 aliphatic carbocycles. The van der Waals surface area contributed by atoms with Crippen molar-refractivity contribution in [3.63, 3.8) is 0 Å². The largest absolute Gasteiger partial charge is 0.355 e. The molecule has 1 unspecified atom stereocenters. The number of fused-ring (bicyclic) bond motifs is 1.